The average molecular weight is 406 g/mol. The van der Waals surface area contributed by atoms with E-state index in [4.69, 9.17) is 9.73 Å². The van der Waals surface area contributed by atoms with Crippen molar-refractivity contribution in [1.29, 1.82) is 0 Å². The lowest BCUT2D eigenvalue weighted by Gasteiger charge is -2.39. The van der Waals surface area contributed by atoms with Crippen LogP contribution in [0.5, 0.6) is 0 Å². The van der Waals surface area contributed by atoms with Gasteiger partial charge >= 0.3 is 0 Å². The van der Waals surface area contributed by atoms with Gasteiger partial charge in [-0.25, -0.2) is 0 Å². The minimum Gasteiger partial charge on any atom is -0.370 e. The lowest BCUT2D eigenvalue weighted by atomic mass is 10.0. The van der Waals surface area contributed by atoms with E-state index in [9.17, 15) is 0 Å². The van der Waals surface area contributed by atoms with E-state index in [2.05, 4.69) is 52.9 Å². The van der Waals surface area contributed by atoms with Crippen LogP contribution in [0.4, 0.5) is 0 Å². The van der Waals surface area contributed by atoms with E-state index in [1.165, 1.54) is 0 Å². The van der Waals surface area contributed by atoms with Crippen LogP contribution in [0, 0.1) is 5.92 Å². The number of morpholine rings is 1. The number of piperazine rings is 1. The SMILES string of the molecule is CCNC(=NCC(C(C)C)N1CCN(C)CC1)N1CCOC(c2cnn(C)c2)C1. The van der Waals surface area contributed by atoms with Gasteiger partial charge in [0.05, 0.1) is 25.9 Å². The first-order chi connectivity index (χ1) is 14.0. The second-order valence-corrected chi connectivity index (χ2v) is 8.60. The third-order valence-corrected chi connectivity index (χ3v) is 6.00. The van der Waals surface area contributed by atoms with Crippen molar-refractivity contribution in [2.45, 2.75) is 32.9 Å². The van der Waals surface area contributed by atoms with Gasteiger partial charge in [0, 0.05) is 64.1 Å². The number of nitrogens with zero attached hydrogens (tertiary/aromatic N) is 6. The molecule has 8 nitrogen and oxygen atoms in total. The zero-order valence-corrected chi connectivity index (χ0v) is 18.8. The molecule has 1 aromatic rings. The molecule has 2 atom stereocenters. The minimum atomic E-state index is 0.0415. The van der Waals surface area contributed by atoms with E-state index in [0.29, 0.717) is 18.6 Å². The number of ether oxygens (including phenoxy) is 1. The van der Waals surface area contributed by atoms with Gasteiger partial charge in [0.2, 0.25) is 0 Å². The zero-order valence-electron chi connectivity index (χ0n) is 18.8. The van der Waals surface area contributed by atoms with Crippen molar-refractivity contribution in [1.82, 2.24) is 29.8 Å². The summed E-state index contributed by atoms with van der Waals surface area (Å²) in [4.78, 5) is 12.5. The molecule has 3 heterocycles. The maximum Gasteiger partial charge on any atom is 0.194 e. The van der Waals surface area contributed by atoms with Crippen LogP contribution in [-0.4, -0.2) is 102 Å². The lowest BCUT2D eigenvalue weighted by Crippen LogP contribution is -2.52. The van der Waals surface area contributed by atoms with E-state index in [-0.39, 0.29) is 6.10 Å². The van der Waals surface area contributed by atoms with Gasteiger partial charge in [0.15, 0.2) is 5.96 Å². The van der Waals surface area contributed by atoms with Crippen molar-refractivity contribution >= 4 is 5.96 Å². The Morgan fingerprint density at radius 3 is 2.62 bits per heavy atom. The van der Waals surface area contributed by atoms with Crippen LogP contribution in [0.1, 0.15) is 32.4 Å². The summed E-state index contributed by atoms with van der Waals surface area (Å²) in [5, 5.41) is 7.80. The summed E-state index contributed by atoms with van der Waals surface area (Å²) < 4.78 is 7.85. The molecule has 29 heavy (non-hydrogen) atoms. The molecular formula is C21H39N7O. The van der Waals surface area contributed by atoms with Gasteiger partial charge in [-0.3, -0.25) is 14.6 Å². The number of guanidine groups is 1. The van der Waals surface area contributed by atoms with Gasteiger partial charge in [-0.15, -0.1) is 0 Å². The van der Waals surface area contributed by atoms with Gasteiger partial charge in [0.25, 0.3) is 0 Å². The number of rotatable bonds is 6. The molecule has 3 rings (SSSR count). The maximum atomic E-state index is 6.01. The Hall–Kier alpha value is -1.64. The number of hydrogen-bond acceptors (Lipinski definition) is 5. The second-order valence-electron chi connectivity index (χ2n) is 8.60. The van der Waals surface area contributed by atoms with Crippen molar-refractivity contribution in [3.8, 4) is 0 Å². The summed E-state index contributed by atoms with van der Waals surface area (Å²) in [6.45, 7) is 15.4. The lowest BCUT2D eigenvalue weighted by molar-refractivity contribution is -0.00813. The molecule has 2 saturated heterocycles. The fourth-order valence-electron chi connectivity index (χ4n) is 4.16. The number of likely N-dealkylation sites (N-methyl/N-ethyl adjacent to an activating group) is 1. The van der Waals surface area contributed by atoms with E-state index in [0.717, 1.165) is 63.9 Å². The largest absolute Gasteiger partial charge is 0.370 e. The highest BCUT2D eigenvalue weighted by Crippen LogP contribution is 2.22. The Labute approximate surface area is 175 Å². The Kier molecular flexibility index (Phi) is 7.91. The maximum absolute atomic E-state index is 6.01. The van der Waals surface area contributed by atoms with Crippen molar-refractivity contribution < 1.29 is 4.74 Å². The third kappa shape index (κ3) is 5.93. The first-order valence-corrected chi connectivity index (χ1v) is 11.0. The summed E-state index contributed by atoms with van der Waals surface area (Å²) in [7, 11) is 4.15. The predicted molar refractivity (Wildman–Crippen MR) is 117 cm³/mol. The fourth-order valence-corrected chi connectivity index (χ4v) is 4.16. The quantitative estimate of drug-likeness (QED) is 0.564. The average Bonchev–Trinajstić information content (AvgIpc) is 3.15. The molecule has 164 valence electrons. The van der Waals surface area contributed by atoms with Crippen molar-refractivity contribution in [3.05, 3.63) is 18.0 Å². The monoisotopic (exact) mass is 405 g/mol. The first-order valence-electron chi connectivity index (χ1n) is 11.0. The predicted octanol–water partition coefficient (Wildman–Crippen LogP) is 1.03. The number of nitrogens with one attached hydrogen (secondary N) is 1. The minimum absolute atomic E-state index is 0.0415. The summed E-state index contributed by atoms with van der Waals surface area (Å²) in [6, 6.07) is 0.479. The normalized spacial score (nSPS) is 23.6. The van der Waals surface area contributed by atoms with Gasteiger partial charge < -0.3 is 19.9 Å². The van der Waals surface area contributed by atoms with Crippen LogP contribution >= 0.6 is 0 Å². The highest BCUT2D eigenvalue weighted by Gasteiger charge is 2.27. The highest BCUT2D eigenvalue weighted by molar-refractivity contribution is 5.80. The Morgan fingerprint density at radius 1 is 1.24 bits per heavy atom. The van der Waals surface area contributed by atoms with E-state index in [1.807, 2.05) is 24.1 Å². The fraction of sp³-hybridized carbons (Fsp3) is 0.810. The number of aliphatic imine (C=N–C) groups is 1. The standard InChI is InChI=1S/C21H39N7O/c1-6-22-21(23-14-19(17(2)3)27-9-7-25(4)8-10-27)28-11-12-29-20(16-28)18-13-24-26(5)15-18/h13,15,17,19-20H,6-12,14,16H2,1-5H3,(H,22,23). The third-order valence-electron chi connectivity index (χ3n) is 6.00. The van der Waals surface area contributed by atoms with Crippen LogP contribution in [0.3, 0.4) is 0 Å². The van der Waals surface area contributed by atoms with Crippen LogP contribution in [0.15, 0.2) is 17.4 Å². The topological polar surface area (TPSA) is 61.2 Å². The van der Waals surface area contributed by atoms with E-state index < -0.39 is 0 Å². The highest BCUT2D eigenvalue weighted by atomic mass is 16.5. The molecule has 2 fully saturated rings. The second kappa shape index (κ2) is 10.4. The molecule has 0 aromatic carbocycles. The van der Waals surface area contributed by atoms with Crippen LogP contribution in [0.25, 0.3) is 0 Å². The van der Waals surface area contributed by atoms with Crippen LogP contribution in [-0.2, 0) is 11.8 Å². The summed E-state index contributed by atoms with van der Waals surface area (Å²) in [6.07, 6.45) is 3.99. The molecule has 2 unspecified atom stereocenters. The molecule has 1 aromatic heterocycles. The Morgan fingerprint density at radius 2 is 2.00 bits per heavy atom. The molecule has 0 radical (unpaired) electrons. The Bertz CT molecular complexity index is 651. The van der Waals surface area contributed by atoms with Gasteiger partial charge in [-0.05, 0) is 19.9 Å². The van der Waals surface area contributed by atoms with Crippen molar-refractivity contribution in [2.24, 2.45) is 18.0 Å². The number of aryl methyl sites for hydroxylation is 1. The van der Waals surface area contributed by atoms with Crippen LogP contribution < -0.4 is 5.32 Å². The number of hydrogen-bond donors (Lipinski definition) is 1. The summed E-state index contributed by atoms with van der Waals surface area (Å²) >= 11 is 0. The molecular weight excluding hydrogens is 366 g/mol. The molecule has 0 bridgehead atoms. The van der Waals surface area contributed by atoms with Crippen molar-refractivity contribution in [2.75, 3.05) is 66.0 Å². The molecule has 0 spiro atoms. The molecule has 8 heteroatoms. The molecule has 0 saturated carbocycles. The van der Waals surface area contributed by atoms with E-state index in [1.54, 1.807) is 0 Å². The molecule has 2 aliphatic rings. The molecule has 1 N–H and O–H groups in total. The van der Waals surface area contributed by atoms with Crippen LogP contribution in [0.2, 0.25) is 0 Å². The zero-order chi connectivity index (χ0) is 20.8. The van der Waals surface area contributed by atoms with Gasteiger partial charge in [-0.2, -0.15) is 5.10 Å². The summed E-state index contributed by atoms with van der Waals surface area (Å²) in [5.41, 5.74) is 1.13. The Balaban J connectivity index is 1.67. The van der Waals surface area contributed by atoms with Gasteiger partial charge in [0.1, 0.15) is 6.10 Å². The first kappa shape index (κ1) is 22.1. The molecule has 0 amide bonds. The van der Waals surface area contributed by atoms with E-state index >= 15 is 0 Å². The van der Waals surface area contributed by atoms with Crippen molar-refractivity contribution in [3.63, 3.8) is 0 Å². The molecule has 2 aliphatic heterocycles. The summed E-state index contributed by atoms with van der Waals surface area (Å²) in [5.74, 6) is 1.59. The molecule has 0 aliphatic carbocycles. The number of aromatic nitrogens is 2. The van der Waals surface area contributed by atoms with Gasteiger partial charge in [-0.1, -0.05) is 13.8 Å². The smallest absolute Gasteiger partial charge is 0.194 e.